The van der Waals surface area contributed by atoms with Crippen LogP contribution in [0.4, 0.5) is 0 Å². The van der Waals surface area contributed by atoms with Crippen LogP contribution >= 0.6 is 11.6 Å². The van der Waals surface area contributed by atoms with Crippen molar-refractivity contribution < 1.29 is 0 Å². The number of hydrogen-bond acceptors (Lipinski definition) is 2. The van der Waals surface area contributed by atoms with Gasteiger partial charge in [-0.2, -0.15) is 5.10 Å². The van der Waals surface area contributed by atoms with Crippen LogP contribution in [0, 0.1) is 12.8 Å². The standard InChI is InChI=1S/C15H26ClN3/c1-4-17-13(9-12-7-6-8-12)10-14-15(16)11(3)18-19(14)5-2/h12-13,17H,4-10H2,1-3H3. The molecule has 0 aromatic carbocycles. The van der Waals surface area contributed by atoms with E-state index >= 15 is 0 Å². The number of halogens is 1. The molecule has 1 fully saturated rings. The van der Waals surface area contributed by atoms with Gasteiger partial charge in [0.1, 0.15) is 0 Å². The van der Waals surface area contributed by atoms with Crippen LogP contribution in [-0.4, -0.2) is 22.4 Å². The second-order valence-corrected chi connectivity index (χ2v) is 6.03. The monoisotopic (exact) mass is 283 g/mol. The number of hydrogen-bond donors (Lipinski definition) is 1. The van der Waals surface area contributed by atoms with Crippen molar-refractivity contribution in [3.05, 3.63) is 16.4 Å². The highest BCUT2D eigenvalue weighted by atomic mass is 35.5. The Morgan fingerprint density at radius 2 is 2.16 bits per heavy atom. The third kappa shape index (κ3) is 3.51. The van der Waals surface area contributed by atoms with Crippen molar-refractivity contribution in [1.82, 2.24) is 15.1 Å². The van der Waals surface area contributed by atoms with Gasteiger partial charge in [0, 0.05) is 19.0 Å². The van der Waals surface area contributed by atoms with Crippen LogP contribution in [0.1, 0.15) is 50.9 Å². The summed E-state index contributed by atoms with van der Waals surface area (Å²) in [6.07, 6.45) is 6.50. The van der Waals surface area contributed by atoms with E-state index in [0.29, 0.717) is 6.04 Å². The van der Waals surface area contributed by atoms with Crippen LogP contribution in [0.15, 0.2) is 0 Å². The minimum atomic E-state index is 0.536. The first kappa shape index (κ1) is 14.9. The molecule has 1 atom stereocenters. The van der Waals surface area contributed by atoms with Crippen LogP contribution in [0.5, 0.6) is 0 Å². The maximum absolute atomic E-state index is 6.41. The van der Waals surface area contributed by atoms with Gasteiger partial charge in [0.25, 0.3) is 0 Å². The molecule has 1 aromatic heterocycles. The molecule has 4 heteroatoms. The Kier molecular flexibility index (Phi) is 5.28. The van der Waals surface area contributed by atoms with Crippen molar-refractivity contribution in [2.24, 2.45) is 5.92 Å². The highest BCUT2D eigenvalue weighted by Crippen LogP contribution is 2.32. The minimum absolute atomic E-state index is 0.536. The second kappa shape index (κ2) is 6.76. The summed E-state index contributed by atoms with van der Waals surface area (Å²) in [4.78, 5) is 0. The van der Waals surface area contributed by atoms with Gasteiger partial charge in [-0.05, 0) is 32.7 Å². The molecule has 1 saturated carbocycles. The van der Waals surface area contributed by atoms with Gasteiger partial charge in [0.2, 0.25) is 0 Å². The van der Waals surface area contributed by atoms with E-state index in [4.69, 9.17) is 11.6 Å². The fraction of sp³-hybridized carbons (Fsp3) is 0.800. The molecule has 1 aromatic rings. The molecule has 19 heavy (non-hydrogen) atoms. The Morgan fingerprint density at radius 3 is 2.68 bits per heavy atom. The van der Waals surface area contributed by atoms with Crippen LogP contribution in [0.25, 0.3) is 0 Å². The predicted molar refractivity (Wildman–Crippen MR) is 80.8 cm³/mol. The van der Waals surface area contributed by atoms with Gasteiger partial charge in [-0.25, -0.2) is 0 Å². The average Bonchev–Trinajstić information content (AvgIpc) is 2.61. The molecule has 1 aliphatic carbocycles. The molecular weight excluding hydrogens is 258 g/mol. The lowest BCUT2D eigenvalue weighted by molar-refractivity contribution is 0.258. The first-order valence-electron chi connectivity index (χ1n) is 7.60. The lowest BCUT2D eigenvalue weighted by Crippen LogP contribution is -2.35. The Labute approximate surface area is 121 Å². The predicted octanol–water partition coefficient (Wildman–Crippen LogP) is 3.58. The van der Waals surface area contributed by atoms with Gasteiger partial charge in [-0.15, -0.1) is 0 Å². The molecule has 0 amide bonds. The first-order chi connectivity index (χ1) is 9.15. The third-order valence-electron chi connectivity index (χ3n) is 4.23. The Hall–Kier alpha value is -0.540. The molecule has 1 aliphatic rings. The maximum Gasteiger partial charge on any atom is 0.0847 e. The number of aryl methyl sites for hydroxylation is 2. The summed E-state index contributed by atoms with van der Waals surface area (Å²) in [5.74, 6) is 0.918. The molecule has 0 aliphatic heterocycles. The van der Waals surface area contributed by atoms with Crippen molar-refractivity contribution in [2.45, 2.75) is 65.5 Å². The number of aromatic nitrogens is 2. The van der Waals surface area contributed by atoms with E-state index in [0.717, 1.165) is 36.1 Å². The van der Waals surface area contributed by atoms with E-state index in [2.05, 4.69) is 28.9 Å². The van der Waals surface area contributed by atoms with Gasteiger partial charge in [0.05, 0.1) is 16.4 Å². The topological polar surface area (TPSA) is 29.9 Å². The Bertz CT molecular complexity index is 410. The van der Waals surface area contributed by atoms with Gasteiger partial charge < -0.3 is 5.32 Å². The number of rotatable bonds is 7. The summed E-state index contributed by atoms with van der Waals surface area (Å²) < 4.78 is 2.06. The van der Waals surface area contributed by atoms with Gasteiger partial charge >= 0.3 is 0 Å². The van der Waals surface area contributed by atoms with Gasteiger partial charge in [-0.1, -0.05) is 37.8 Å². The molecule has 2 rings (SSSR count). The molecule has 1 N–H and O–H groups in total. The summed E-state index contributed by atoms with van der Waals surface area (Å²) >= 11 is 6.41. The molecule has 0 radical (unpaired) electrons. The Morgan fingerprint density at radius 1 is 1.42 bits per heavy atom. The lowest BCUT2D eigenvalue weighted by Gasteiger charge is -2.30. The van der Waals surface area contributed by atoms with E-state index < -0.39 is 0 Å². The number of nitrogens with zero attached hydrogens (tertiary/aromatic N) is 2. The normalized spacial score (nSPS) is 17.5. The van der Waals surface area contributed by atoms with Crippen LogP contribution in [0.3, 0.4) is 0 Å². The van der Waals surface area contributed by atoms with Crippen molar-refractivity contribution in [2.75, 3.05) is 6.54 Å². The highest BCUT2D eigenvalue weighted by molar-refractivity contribution is 6.31. The molecule has 0 spiro atoms. The second-order valence-electron chi connectivity index (χ2n) is 5.65. The van der Waals surface area contributed by atoms with E-state index in [1.807, 2.05) is 6.92 Å². The van der Waals surface area contributed by atoms with E-state index in [1.54, 1.807) is 0 Å². The van der Waals surface area contributed by atoms with E-state index in [9.17, 15) is 0 Å². The summed E-state index contributed by atoms with van der Waals surface area (Å²) in [5.41, 5.74) is 2.16. The molecule has 1 unspecified atom stereocenters. The fourth-order valence-electron chi connectivity index (χ4n) is 2.96. The zero-order chi connectivity index (χ0) is 13.8. The largest absolute Gasteiger partial charge is 0.314 e. The Balaban J connectivity index is 2.06. The van der Waals surface area contributed by atoms with Crippen LogP contribution in [0.2, 0.25) is 5.02 Å². The summed E-state index contributed by atoms with van der Waals surface area (Å²) in [6.45, 7) is 8.21. The maximum atomic E-state index is 6.41. The fourth-order valence-corrected chi connectivity index (χ4v) is 3.17. The lowest BCUT2D eigenvalue weighted by atomic mass is 9.80. The molecule has 1 heterocycles. The minimum Gasteiger partial charge on any atom is -0.314 e. The summed E-state index contributed by atoms with van der Waals surface area (Å²) in [6, 6.07) is 0.536. The number of nitrogens with one attached hydrogen (secondary N) is 1. The van der Waals surface area contributed by atoms with Gasteiger partial charge in [0.15, 0.2) is 0 Å². The summed E-state index contributed by atoms with van der Waals surface area (Å²) in [7, 11) is 0. The molecule has 108 valence electrons. The SMILES string of the molecule is CCNC(Cc1c(Cl)c(C)nn1CC)CC1CCC1. The van der Waals surface area contributed by atoms with Crippen molar-refractivity contribution >= 4 is 11.6 Å². The van der Waals surface area contributed by atoms with Gasteiger partial charge in [-0.3, -0.25) is 4.68 Å². The van der Waals surface area contributed by atoms with E-state index in [-0.39, 0.29) is 0 Å². The average molecular weight is 284 g/mol. The van der Waals surface area contributed by atoms with E-state index in [1.165, 1.54) is 31.4 Å². The number of likely N-dealkylation sites (N-methyl/N-ethyl adjacent to an activating group) is 1. The quantitative estimate of drug-likeness (QED) is 0.829. The zero-order valence-electron chi connectivity index (χ0n) is 12.4. The first-order valence-corrected chi connectivity index (χ1v) is 7.98. The van der Waals surface area contributed by atoms with Crippen molar-refractivity contribution in [3.63, 3.8) is 0 Å². The summed E-state index contributed by atoms with van der Waals surface area (Å²) in [5, 5.41) is 8.99. The smallest absolute Gasteiger partial charge is 0.0847 e. The third-order valence-corrected chi connectivity index (χ3v) is 4.72. The zero-order valence-corrected chi connectivity index (χ0v) is 13.1. The van der Waals surface area contributed by atoms with Crippen molar-refractivity contribution in [3.8, 4) is 0 Å². The van der Waals surface area contributed by atoms with Crippen LogP contribution < -0.4 is 5.32 Å². The molecule has 3 nitrogen and oxygen atoms in total. The van der Waals surface area contributed by atoms with Crippen molar-refractivity contribution in [1.29, 1.82) is 0 Å². The molecule has 0 saturated heterocycles. The molecular formula is C15H26ClN3. The highest BCUT2D eigenvalue weighted by Gasteiger charge is 2.24. The van der Waals surface area contributed by atoms with Crippen LogP contribution in [-0.2, 0) is 13.0 Å². The molecule has 0 bridgehead atoms.